The van der Waals surface area contributed by atoms with Crippen molar-refractivity contribution >= 4 is 18.0 Å². The SMILES string of the molecule is Cc1ccc(CN(CCO)c2cccc(/C=C/c3ccccn3)n2)c(C)c1. The van der Waals surface area contributed by atoms with E-state index in [1.807, 2.05) is 48.6 Å². The zero-order chi connectivity index (χ0) is 19.1. The van der Waals surface area contributed by atoms with E-state index < -0.39 is 0 Å². The Bertz CT molecular complexity index is 907. The van der Waals surface area contributed by atoms with Crippen molar-refractivity contribution in [2.24, 2.45) is 0 Å². The van der Waals surface area contributed by atoms with Crippen LogP contribution in [0.5, 0.6) is 0 Å². The number of aliphatic hydroxyl groups is 1. The van der Waals surface area contributed by atoms with Gasteiger partial charge in [-0.2, -0.15) is 0 Å². The summed E-state index contributed by atoms with van der Waals surface area (Å²) in [7, 11) is 0. The number of rotatable bonds is 7. The highest BCUT2D eigenvalue weighted by atomic mass is 16.3. The van der Waals surface area contributed by atoms with E-state index in [0.29, 0.717) is 13.1 Å². The average Bonchev–Trinajstić information content (AvgIpc) is 2.69. The van der Waals surface area contributed by atoms with Crippen molar-refractivity contribution in [2.75, 3.05) is 18.1 Å². The fourth-order valence-corrected chi connectivity index (χ4v) is 2.98. The van der Waals surface area contributed by atoms with E-state index in [-0.39, 0.29) is 6.61 Å². The Balaban J connectivity index is 1.82. The molecule has 3 rings (SSSR count). The van der Waals surface area contributed by atoms with Crippen LogP contribution in [0.4, 0.5) is 5.82 Å². The molecule has 0 spiro atoms. The third-order valence-corrected chi connectivity index (χ3v) is 4.42. The third-order valence-electron chi connectivity index (χ3n) is 4.42. The van der Waals surface area contributed by atoms with Crippen molar-refractivity contribution in [3.05, 3.63) is 88.9 Å². The number of hydrogen-bond acceptors (Lipinski definition) is 4. The molecule has 0 aliphatic heterocycles. The lowest BCUT2D eigenvalue weighted by molar-refractivity contribution is 0.301. The van der Waals surface area contributed by atoms with Gasteiger partial charge in [-0.25, -0.2) is 4.98 Å². The predicted molar refractivity (Wildman–Crippen MR) is 111 cm³/mol. The van der Waals surface area contributed by atoms with Crippen LogP contribution in [-0.2, 0) is 6.54 Å². The van der Waals surface area contributed by atoms with Crippen LogP contribution in [0, 0.1) is 13.8 Å². The number of aliphatic hydroxyl groups excluding tert-OH is 1. The minimum Gasteiger partial charge on any atom is -0.395 e. The molecule has 3 aromatic rings. The van der Waals surface area contributed by atoms with Gasteiger partial charge in [0.05, 0.1) is 18.0 Å². The maximum absolute atomic E-state index is 9.52. The van der Waals surface area contributed by atoms with E-state index in [0.717, 1.165) is 17.2 Å². The molecule has 2 aromatic heterocycles. The first kappa shape index (κ1) is 18.8. The van der Waals surface area contributed by atoms with Gasteiger partial charge in [-0.3, -0.25) is 4.98 Å². The second kappa shape index (κ2) is 9.10. The molecule has 0 amide bonds. The van der Waals surface area contributed by atoms with Gasteiger partial charge in [0.2, 0.25) is 0 Å². The Morgan fingerprint density at radius 3 is 2.52 bits per heavy atom. The van der Waals surface area contributed by atoms with Crippen molar-refractivity contribution in [1.29, 1.82) is 0 Å². The molecule has 1 N–H and O–H groups in total. The summed E-state index contributed by atoms with van der Waals surface area (Å²) in [6, 6.07) is 18.2. The van der Waals surface area contributed by atoms with Crippen molar-refractivity contribution in [3.63, 3.8) is 0 Å². The third kappa shape index (κ3) is 5.25. The highest BCUT2D eigenvalue weighted by Gasteiger charge is 2.10. The van der Waals surface area contributed by atoms with Crippen molar-refractivity contribution in [2.45, 2.75) is 20.4 Å². The quantitative estimate of drug-likeness (QED) is 0.685. The molecule has 2 heterocycles. The maximum atomic E-state index is 9.52. The van der Waals surface area contributed by atoms with Gasteiger partial charge in [-0.05, 0) is 61.4 Å². The summed E-state index contributed by atoms with van der Waals surface area (Å²) < 4.78 is 0. The Hall–Kier alpha value is -2.98. The highest BCUT2D eigenvalue weighted by molar-refractivity contribution is 5.66. The molecule has 0 aliphatic carbocycles. The van der Waals surface area contributed by atoms with E-state index in [1.54, 1.807) is 6.20 Å². The first-order valence-corrected chi connectivity index (χ1v) is 9.14. The summed E-state index contributed by atoms with van der Waals surface area (Å²) in [4.78, 5) is 11.2. The molecule has 27 heavy (non-hydrogen) atoms. The van der Waals surface area contributed by atoms with Crippen LogP contribution >= 0.6 is 0 Å². The first-order chi connectivity index (χ1) is 13.2. The largest absolute Gasteiger partial charge is 0.395 e. The highest BCUT2D eigenvalue weighted by Crippen LogP contribution is 2.19. The number of anilines is 1. The molecule has 0 fully saturated rings. The molecular formula is C23H25N3O. The summed E-state index contributed by atoms with van der Waals surface area (Å²) >= 11 is 0. The number of hydrogen-bond donors (Lipinski definition) is 1. The van der Waals surface area contributed by atoms with Gasteiger partial charge >= 0.3 is 0 Å². The first-order valence-electron chi connectivity index (χ1n) is 9.14. The molecule has 4 heteroatoms. The van der Waals surface area contributed by atoms with E-state index in [9.17, 15) is 5.11 Å². The summed E-state index contributed by atoms with van der Waals surface area (Å²) in [6.07, 6.45) is 5.68. The van der Waals surface area contributed by atoms with Gasteiger partial charge in [0.1, 0.15) is 5.82 Å². The summed E-state index contributed by atoms with van der Waals surface area (Å²) in [5, 5.41) is 9.52. The lowest BCUT2D eigenvalue weighted by Crippen LogP contribution is -2.27. The molecule has 0 aliphatic rings. The monoisotopic (exact) mass is 359 g/mol. The predicted octanol–water partition coefficient (Wildman–Crippen LogP) is 4.26. The Morgan fingerprint density at radius 1 is 0.963 bits per heavy atom. The zero-order valence-electron chi connectivity index (χ0n) is 15.8. The second-order valence-corrected chi connectivity index (χ2v) is 6.58. The van der Waals surface area contributed by atoms with Crippen molar-refractivity contribution in [3.8, 4) is 0 Å². The summed E-state index contributed by atoms with van der Waals surface area (Å²) in [6.45, 7) is 5.56. The fourth-order valence-electron chi connectivity index (χ4n) is 2.98. The Labute approximate surface area is 160 Å². The molecule has 0 bridgehead atoms. The Morgan fingerprint density at radius 2 is 1.78 bits per heavy atom. The molecule has 4 nitrogen and oxygen atoms in total. The van der Waals surface area contributed by atoms with Gasteiger partial charge < -0.3 is 10.0 Å². The van der Waals surface area contributed by atoms with Gasteiger partial charge in [0.25, 0.3) is 0 Å². The summed E-state index contributed by atoms with van der Waals surface area (Å²) in [5.41, 5.74) is 5.51. The lowest BCUT2D eigenvalue weighted by atomic mass is 10.1. The van der Waals surface area contributed by atoms with E-state index >= 15 is 0 Å². The average molecular weight is 359 g/mol. The number of pyridine rings is 2. The van der Waals surface area contributed by atoms with Gasteiger partial charge in [-0.15, -0.1) is 0 Å². The van der Waals surface area contributed by atoms with Crippen LogP contribution in [0.15, 0.2) is 60.8 Å². The van der Waals surface area contributed by atoms with Gasteiger partial charge in [-0.1, -0.05) is 35.9 Å². The van der Waals surface area contributed by atoms with Crippen LogP contribution in [0.1, 0.15) is 28.1 Å². The number of nitrogens with zero attached hydrogens (tertiary/aromatic N) is 3. The maximum Gasteiger partial charge on any atom is 0.129 e. The molecule has 138 valence electrons. The van der Waals surface area contributed by atoms with Crippen LogP contribution in [0.2, 0.25) is 0 Å². The van der Waals surface area contributed by atoms with Gasteiger partial charge in [0.15, 0.2) is 0 Å². The topological polar surface area (TPSA) is 49.2 Å². The van der Waals surface area contributed by atoms with Crippen molar-refractivity contribution < 1.29 is 5.11 Å². The zero-order valence-corrected chi connectivity index (χ0v) is 15.8. The van der Waals surface area contributed by atoms with Gasteiger partial charge in [0, 0.05) is 19.3 Å². The van der Waals surface area contributed by atoms with E-state index in [2.05, 4.69) is 41.9 Å². The van der Waals surface area contributed by atoms with Crippen LogP contribution < -0.4 is 4.90 Å². The standard InChI is InChI=1S/C23H25N3O/c1-18-9-10-20(19(2)16-18)17-26(14-15-27)23-8-5-7-22(25-23)12-11-21-6-3-4-13-24-21/h3-13,16,27H,14-15,17H2,1-2H3/b12-11+. The smallest absolute Gasteiger partial charge is 0.129 e. The fraction of sp³-hybridized carbons (Fsp3) is 0.217. The minimum absolute atomic E-state index is 0.0839. The van der Waals surface area contributed by atoms with Crippen molar-refractivity contribution in [1.82, 2.24) is 9.97 Å². The molecular weight excluding hydrogens is 334 g/mol. The second-order valence-electron chi connectivity index (χ2n) is 6.58. The van der Waals surface area contributed by atoms with Crippen LogP contribution in [0.25, 0.3) is 12.2 Å². The molecule has 0 saturated heterocycles. The molecule has 1 aromatic carbocycles. The lowest BCUT2D eigenvalue weighted by Gasteiger charge is -2.24. The molecule has 0 unspecified atom stereocenters. The van der Waals surface area contributed by atoms with Crippen LogP contribution in [0.3, 0.4) is 0 Å². The minimum atomic E-state index is 0.0839. The summed E-state index contributed by atoms with van der Waals surface area (Å²) in [5.74, 6) is 0.854. The Kier molecular flexibility index (Phi) is 6.34. The van der Waals surface area contributed by atoms with Crippen LogP contribution in [-0.4, -0.2) is 28.2 Å². The van der Waals surface area contributed by atoms with E-state index in [1.165, 1.54) is 16.7 Å². The molecule has 0 atom stereocenters. The number of aromatic nitrogens is 2. The van der Waals surface area contributed by atoms with E-state index in [4.69, 9.17) is 4.98 Å². The normalized spacial score (nSPS) is 11.1. The number of aryl methyl sites for hydroxylation is 2. The molecule has 0 saturated carbocycles. The molecule has 0 radical (unpaired) electrons. The number of benzene rings is 1.